The van der Waals surface area contributed by atoms with Crippen molar-refractivity contribution in [2.45, 2.75) is 0 Å². The van der Waals surface area contributed by atoms with Crippen LogP contribution in [0.15, 0.2) is 65.2 Å². The fourth-order valence-electron chi connectivity index (χ4n) is 2.62. The fraction of sp³-hybridized carbons (Fsp3) is 0.0526. The molecule has 4 aromatic rings. The van der Waals surface area contributed by atoms with Crippen LogP contribution in [0, 0.1) is 0 Å². The van der Waals surface area contributed by atoms with E-state index in [4.69, 9.17) is 0 Å². The van der Waals surface area contributed by atoms with Crippen LogP contribution in [0.5, 0.6) is 5.75 Å². The molecule has 0 spiro atoms. The number of hydrogen-bond donors (Lipinski definition) is 2. The summed E-state index contributed by atoms with van der Waals surface area (Å²) in [5.74, 6) is -0.194. The van der Waals surface area contributed by atoms with E-state index in [9.17, 15) is 14.7 Å². The van der Waals surface area contributed by atoms with Crippen molar-refractivity contribution in [3.05, 3.63) is 76.3 Å². The van der Waals surface area contributed by atoms with Gasteiger partial charge in [-0.05, 0) is 30.3 Å². The average molecular weight is 393 g/mol. The molecule has 1 aromatic carbocycles. The lowest BCUT2D eigenvalue weighted by molar-refractivity contribution is 0.102. The number of phenols is 1. The van der Waals surface area contributed by atoms with Crippen molar-refractivity contribution >= 4 is 22.4 Å². The summed E-state index contributed by atoms with van der Waals surface area (Å²) in [5, 5.41) is 18.4. The van der Waals surface area contributed by atoms with Crippen molar-refractivity contribution in [2.75, 3.05) is 5.32 Å². The number of rotatable bonds is 4. The van der Waals surface area contributed by atoms with E-state index in [1.165, 1.54) is 34.2 Å². The lowest BCUT2D eigenvalue weighted by Gasteiger charge is -2.06. The van der Waals surface area contributed by atoms with Crippen molar-refractivity contribution in [2.24, 2.45) is 7.05 Å². The van der Waals surface area contributed by atoms with E-state index in [1.807, 2.05) is 5.38 Å². The van der Waals surface area contributed by atoms with Crippen molar-refractivity contribution in [3.63, 3.8) is 0 Å². The van der Waals surface area contributed by atoms with E-state index in [1.54, 1.807) is 48.4 Å². The van der Waals surface area contributed by atoms with Crippen LogP contribution < -0.4 is 10.9 Å². The van der Waals surface area contributed by atoms with E-state index >= 15 is 0 Å². The van der Waals surface area contributed by atoms with Gasteiger partial charge in [-0.3, -0.25) is 24.2 Å². The predicted octanol–water partition coefficient (Wildman–Crippen LogP) is 2.65. The molecule has 0 aliphatic heterocycles. The number of phenolic OH excluding ortho intramolecular Hbond substituents is 1. The summed E-state index contributed by atoms with van der Waals surface area (Å²) in [6, 6.07) is 9.47. The maximum absolute atomic E-state index is 12.6. The SMILES string of the molecule is Cn1cc(-n2cc(C(=O)Nc3nc(-c4ccc(O)cc4)cs3)ccc2=O)cn1. The zero-order valence-corrected chi connectivity index (χ0v) is 15.6. The molecule has 0 saturated heterocycles. The van der Waals surface area contributed by atoms with E-state index in [-0.39, 0.29) is 17.2 Å². The number of anilines is 1. The standard InChI is InChI=1S/C19H15N5O3S/c1-23-10-14(8-20-23)24-9-13(4-7-17(24)26)18(27)22-19-21-16(11-28-19)12-2-5-15(25)6-3-12/h2-11,25H,1H3,(H,21,22,27). The number of nitrogens with zero attached hydrogens (tertiary/aromatic N) is 4. The molecule has 0 atom stereocenters. The summed E-state index contributed by atoms with van der Waals surface area (Å²) < 4.78 is 2.95. The van der Waals surface area contributed by atoms with Crippen LogP contribution in [0.25, 0.3) is 16.9 Å². The second kappa shape index (κ2) is 7.12. The van der Waals surface area contributed by atoms with Crippen LogP contribution in [-0.4, -0.2) is 30.3 Å². The number of benzene rings is 1. The minimum Gasteiger partial charge on any atom is -0.508 e. The molecule has 28 heavy (non-hydrogen) atoms. The number of carbonyl (C=O) groups excluding carboxylic acids is 1. The summed E-state index contributed by atoms with van der Waals surface area (Å²) in [5.41, 5.74) is 2.17. The van der Waals surface area contributed by atoms with Crippen molar-refractivity contribution in [3.8, 4) is 22.7 Å². The predicted molar refractivity (Wildman–Crippen MR) is 106 cm³/mol. The first kappa shape index (κ1) is 17.7. The molecule has 9 heteroatoms. The van der Waals surface area contributed by atoms with E-state index < -0.39 is 0 Å². The molecule has 1 amide bonds. The Labute approximate surface area is 163 Å². The topological polar surface area (TPSA) is 102 Å². The molecule has 0 radical (unpaired) electrons. The highest BCUT2D eigenvalue weighted by Crippen LogP contribution is 2.26. The summed E-state index contributed by atoms with van der Waals surface area (Å²) in [6.07, 6.45) is 4.71. The van der Waals surface area contributed by atoms with E-state index in [0.29, 0.717) is 22.1 Å². The maximum atomic E-state index is 12.6. The molecule has 140 valence electrons. The highest BCUT2D eigenvalue weighted by molar-refractivity contribution is 7.14. The summed E-state index contributed by atoms with van der Waals surface area (Å²) in [7, 11) is 1.75. The Morgan fingerprint density at radius 2 is 1.93 bits per heavy atom. The number of amides is 1. The first-order valence-corrected chi connectivity index (χ1v) is 9.15. The summed E-state index contributed by atoms with van der Waals surface area (Å²) in [6.45, 7) is 0. The fourth-order valence-corrected chi connectivity index (χ4v) is 3.34. The average Bonchev–Trinajstić information content (AvgIpc) is 3.32. The van der Waals surface area contributed by atoms with Crippen molar-refractivity contribution < 1.29 is 9.90 Å². The van der Waals surface area contributed by atoms with Gasteiger partial charge in [0.05, 0.1) is 23.1 Å². The monoisotopic (exact) mass is 393 g/mol. The Hall–Kier alpha value is -3.72. The number of carbonyl (C=O) groups is 1. The minimum absolute atomic E-state index is 0.177. The first-order chi connectivity index (χ1) is 13.5. The minimum atomic E-state index is -0.371. The van der Waals surface area contributed by atoms with E-state index in [2.05, 4.69) is 15.4 Å². The van der Waals surface area contributed by atoms with Crippen LogP contribution in [0.2, 0.25) is 0 Å². The Morgan fingerprint density at radius 3 is 2.64 bits per heavy atom. The summed E-state index contributed by atoms with van der Waals surface area (Å²) >= 11 is 1.29. The zero-order chi connectivity index (χ0) is 19.7. The third-order valence-electron chi connectivity index (χ3n) is 4.03. The molecule has 2 N–H and O–H groups in total. The number of pyridine rings is 1. The van der Waals surface area contributed by atoms with Crippen LogP contribution >= 0.6 is 11.3 Å². The van der Waals surface area contributed by atoms with Gasteiger partial charge in [-0.25, -0.2) is 4.98 Å². The van der Waals surface area contributed by atoms with Gasteiger partial charge < -0.3 is 5.11 Å². The van der Waals surface area contributed by atoms with Crippen molar-refractivity contribution in [1.29, 1.82) is 0 Å². The smallest absolute Gasteiger partial charge is 0.258 e. The molecule has 0 aliphatic rings. The Morgan fingerprint density at radius 1 is 1.14 bits per heavy atom. The number of aromatic nitrogens is 4. The van der Waals surface area contributed by atoms with Gasteiger partial charge in [-0.2, -0.15) is 5.10 Å². The van der Waals surface area contributed by atoms with Crippen LogP contribution in [0.1, 0.15) is 10.4 Å². The quantitative estimate of drug-likeness (QED) is 0.555. The zero-order valence-electron chi connectivity index (χ0n) is 14.7. The third-order valence-corrected chi connectivity index (χ3v) is 4.79. The van der Waals surface area contributed by atoms with Gasteiger partial charge in [0.2, 0.25) is 0 Å². The van der Waals surface area contributed by atoms with Crippen molar-refractivity contribution in [1.82, 2.24) is 19.3 Å². The maximum Gasteiger partial charge on any atom is 0.258 e. The lowest BCUT2D eigenvalue weighted by Crippen LogP contribution is -2.20. The van der Waals surface area contributed by atoms with Gasteiger partial charge in [-0.1, -0.05) is 0 Å². The number of thiazole rings is 1. The highest BCUT2D eigenvalue weighted by Gasteiger charge is 2.12. The van der Waals surface area contributed by atoms with E-state index in [0.717, 1.165) is 5.56 Å². The lowest BCUT2D eigenvalue weighted by atomic mass is 10.2. The van der Waals surface area contributed by atoms with Crippen LogP contribution in [0.3, 0.4) is 0 Å². The van der Waals surface area contributed by atoms with Gasteiger partial charge in [0.1, 0.15) is 5.75 Å². The number of aromatic hydroxyl groups is 1. The molecule has 0 aliphatic carbocycles. The molecule has 8 nitrogen and oxygen atoms in total. The second-order valence-electron chi connectivity index (χ2n) is 6.04. The number of hydrogen-bond acceptors (Lipinski definition) is 6. The van der Waals surface area contributed by atoms with Gasteiger partial charge in [-0.15, -0.1) is 11.3 Å². The third kappa shape index (κ3) is 3.55. The Kier molecular flexibility index (Phi) is 4.50. The Balaban J connectivity index is 1.56. The molecule has 3 aromatic heterocycles. The van der Waals surface area contributed by atoms with Gasteiger partial charge in [0.15, 0.2) is 5.13 Å². The van der Waals surface area contributed by atoms with Gasteiger partial charge in [0, 0.05) is 36.5 Å². The molecular formula is C19H15N5O3S. The first-order valence-electron chi connectivity index (χ1n) is 8.27. The van der Waals surface area contributed by atoms with Crippen LogP contribution in [-0.2, 0) is 7.05 Å². The second-order valence-corrected chi connectivity index (χ2v) is 6.90. The molecular weight excluding hydrogens is 378 g/mol. The van der Waals surface area contributed by atoms with Crippen LogP contribution in [0.4, 0.5) is 5.13 Å². The van der Waals surface area contributed by atoms with Gasteiger partial charge in [0.25, 0.3) is 11.5 Å². The Bertz CT molecular complexity index is 1210. The molecule has 3 heterocycles. The molecule has 0 saturated carbocycles. The normalized spacial score (nSPS) is 10.8. The number of aryl methyl sites for hydroxylation is 1. The number of nitrogens with one attached hydrogen (secondary N) is 1. The molecule has 0 fully saturated rings. The highest BCUT2D eigenvalue weighted by atomic mass is 32.1. The largest absolute Gasteiger partial charge is 0.508 e. The summed E-state index contributed by atoms with van der Waals surface area (Å²) in [4.78, 5) is 29.1. The van der Waals surface area contributed by atoms with Gasteiger partial charge >= 0.3 is 0 Å². The molecule has 4 rings (SSSR count). The molecule has 0 unspecified atom stereocenters. The molecule has 0 bridgehead atoms.